The number of hydrogen-bond acceptors (Lipinski definition) is 4. The van der Waals surface area contributed by atoms with E-state index in [9.17, 15) is 14.7 Å². The van der Waals surface area contributed by atoms with Gasteiger partial charge in [0.1, 0.15) is 5.60 Å². The molecular formula is C15H19ClNO4-. The number of halogens is 1. The van der Waals surface area contributed by atoms with Crippen LogP contribution >= 0.6 is 11.6 Å². The molecule has 21 heavy (non-hydrogen) atoms. The van der Waals surface area contributed by atoms with Crippen molar-refractivity contribution in [3.05, 3.63) is 34.9 Å². The number of ether oxygens (including phenoxy) is 1. The highest BCUT2D eigenvalue weighted by atomic mass is 35.5. The first-order valence-corrected chi connectivity index (χ1v) is 6.98. The molecule has 1 aromatic rings. The molecule has 0 heterocycles. The van der Waals surface area contributed by atoms with Crippen molar-refractivity contribution in [3.8, 4) is 0 Å². The third-order valence-electron chi connectivity index (χ3n) is 2.56. The van der Waals surface area contributed by atoms with Crippen LogP contribution in [-0.4, -0.2) is 23.7 Å². The second-order valence-corrected chi connectivity index (χ2v) is 6.12. The SMILES string of the molecule is CC(C)(C)OC(=O)N[C@@H](CC(=O)[O-])Cc1ccccc1Cl. The number of hydrogen-bond donors (Lipinski definition) is 1. The average Bonchev–Trinajstić information content (AvgIpc) is 2.28. The second kappa shape index (κ2) is 7.31. The largest absolute Gasteiger partial charge is 0.550 e. The smallest absolute Gasteiger partial charge is 0.407 e. The number of amides is 1. The Labute approximate surface area is 129 Å². The highest BCUT2D eigenvalue weighted by Gasteiger charge is 2.20. The van der Waals surface area contributed by atoms with Crippen LogP contribution in [0.15, 0.2) is 24.3 Å². The van der Waals surface area contributed by atoms with E-state index in [0.29, 0.717) is 5.02 Å². The van der Waals surface area contributed by atoms with Crippen molar-refractivity contribution in [1.82, 2.24) is 5.32 Å². The van der Waals surface area contributed by atoms with E-state index < -0.39 is 23.7 Å². The Morgan fingerprint density at radius 1 is 1.33 bits per heavy atom. The molecular weight excluding hydrogens is 294 g/mol. The number of nitrogens with one attached hydrogen (secondary N) is 1. The fourth-order valence-electron chi connectivity index (χ4n) is 1.78. The minimum absolute atomic E-state index is 0.285. The fraction of sp³-hybridized carbons (Fsp3) is 0.467. The summed E-state index contributed by atoms with van der Waals surface area (Å²) >= 11 is 6.04. The normalized spacial score (nSPS) is 12.6. The number of aliphatic carboxylic acids is 1. The predicted molar refractivity (Wildman–Crippen MR) is 77.9 cm³/mol. The standard InChI is InChI=1S/C15H20ClNO4/c1-15(2,3)21-14(20)17-11(9-13(18)19)8-10-6-4-5-7-12(10)16/h4-7,11H,8-9H2,1-3H3,(H,17,20)(H,18,19)/p-1/t11-/m1/s1. The Kier molecular flexibility index (Phi) is 6.03. The third-order valence-corrected chi connectivity index (χ3v) is 2.93. The van der Waals surface area contributed by atoms with E-state index in [0.717, 1.165) is 5.56 Å². The highest BCUT2D eigenvalue weighted by molar-refractivity contribution is 6.31. The molecule has 5 nitrogen and oxygen atoms in total. The van der Waals surface area contributed by atoms with Crippen LogP contribution in [0.2, 0.25) is 5.02 Å². The third kappa shape index (κ3) is 6.99. The van der Waals surface area contributed by atoms with Gasteiger partial charge in [-0.25, -0.2) is 4.79 Å². The molecule has 1 N–H and O–H groups in total. The molecule has 0 aliphatic carbocycles. The van der Waals surface area contributed by atoms with Crippen molar-refractivity contribution < 1.29 is 19.4 Å². The predicted octanol–water partition coefficient (Wildman–Crippen LogP) is 1.92. The van der Waals surface area contributed by atoms with E-state index >= 15 is 0 Å². The van der Waals surface area contributed by atoms with Crippen LogP contribution in [0.1, 0.15) is 32.8 Å². The summed E-state index contributed by atoms with van der Waals surface area (Å²) in [6.07, 6.45) is -0.696. The fourth-order valence-corrected chi connectivity index (χ4v) is 1.99. The van der Waals surface area contributed by atoms with Gasteiger partial charge in [-0.15, -0.1) is 0 Å². The first-order valence-electron chi connectivity index (χ1n) is 6.60. The molecule has 0 aliphatic heterocycles. The van der Waals surface area contributed by atoms with Gasteiger partial charge >= 0.3 is 6.09 Å². The van der Waals surface area contributed by atoms with Crippen LogP contribution in [0.4, 0.5) is 4.79 Å². The van der Waals surface area contributed by atoms with Crippen LogP contribution in [0, 0.1) is 0 Å². The molecule has 1 rings (SSSR count). The highest BCUT2D eigenvalue weighted by Crippen LogP contribution is 2.18. The summed E-state index contributed by atoms with van der Waals surface area (Å²) in [4.78, 5) is 22.6. The van der Waals surface area contributed by atoms with Gasteiger partial charge in [-0.1, -0.05) is 29.8 Å². The number of alkyl carbamates (subject to hydrolysis) is 1. The monoisotopic (exact) mass is 312 g/mol. The maximum Gasteiger partial charge on any atom is 0.407 e. The van der Waals surface area contributed by atoms with Crippen molar-refractivity contribution in [2.24, 2.45) is 0 Å². The number of benzene rings is 1. The van der Waals surface area contributed by atoms with Crippen LogP contribution in [0.3, 0.4) is 0 Å². The first kappa shape index (κ1) is 17.3. The lowest BCUT2D eigenvalue weighted by molar-refractivity contribution is -0.306. The summed E-state index contributed by atoms with van der Waals surface area (Å²) < 4.78 is 5.12. The van der Waals surface area contributed by atoms with Crippen LogP contribution in [0.25, 0.3) is 0 Å². The average molecular weight is 313 g/mol. The van der Waals surface area contributed by atoms with Crippen molar-refractivity contribution in [3.63, 3.8) is 0 Å². The molecule has 0 saturated heterocycles. The second-order valence-electron chi connectivity index (χ2n) is 5.71. The molecule has 0 aliphatic rings. The summed E-state index contributed by atoms with van der Waals surface area (Å²) in [6.45, 7) is 5.19. The Morgan fingerprint density at radius 2 is 1.95 bits per heavy atom. The number of carbonyl (C=O) groups excluding carboxylic acids is 2. The lowest BCUT2D eigenvalue weighted by Crippen LogP contribution is -2.43. The van der Waals surface area contributed by atoms with Gasteiger partial charge in [0, 0.05) is 23.5 Å². The molecule has 1 atom stereocenters. The van der Waals surface area contributed by atoms with Crippen LogP contribution in [0.5, 0.6) is 0 Å². The summed E-state index contributed by atoms with van der Waals surface area (Å²) in [5.41, 5.74) is 0.0991. The van der Waals surface area contributed by atoms with E-state index in [1.165, 1.54) is 0 Å². The molecule has 6 heteroatoms. The zero-order valence-corrected chi connectivity index (χ0v) is 13.1. The molecule has 0 spiro atoms. The van der Waals surface area contributed by atoms with Gasteiger partial charge in [-0.2, -0.15) is 0 Å². The van der Waals surface area contributed by atoms with E-state index in [-0.39, 0.29) is 12.8 Å². The number of rotatable bonds is 5. The summed E-state index contributed by atoms with van der Waals surface area (Å²) in [5.74, 6) is -1.25. The van der Waals surface area contributed by atoms with Gasteiger partial charge < -0.3 is 20.0 Å². The molecule has 0 fully saturated rings. The number of carbonyl (C=O) groups is 2. The Balaban J connectivity index is 2.75. The molecule has 116 valence electrons. The number of carboxylic acids is 1. The molecule has 0 radical (unpaired) electrons. The van der Waals surface area contributed by atoms with Crippen molar-refractivity contribution >= 4 is 23.7 Å². The summed E-state index contributed by atoms with van der Waals surface area (Å²) in [6, 6.07) is 6.41. The van der Waals surface area contributed by atoms with Crippen molar-refractivity contribution in [1.29, 1.82) is 0 Å². The van der Waals surface area contributed by atoms with Gasteiger partial charge in [-0.05, 0) is 38.8 Å². The van der Waals surface area contributed by atoms with E-state index in [1.807, 2.05) is 0 Å². The Morgan fingerprint density at radius 3 is 2.48 bits per heavy atom. The van der Waals surface area contributed by atoms with E-state index in [1.54, 1.807) is 45.0 Å². The molecule has 0 unspecified atom stereocenters. The van der Waals surface area contributed by atoms with Crippen LogP contribution in [-0.2, 0) is 16.0 Å². The lowest BCUT2D eigenvalue weighted by Gasteiger charge is -2.24. The quantitative estimate of drug-likeness (QED) is 0.901. The van der Waals surface area contributed by atoms with E-state index in [4.69, 9.17) is 16.3 Å². The molecule has 1 aromatic carbocycles. The molecule has 0 aromatic heterocycles. The number of carboxylic acid groups (broad SMARTS) is 1. The summed E-state index contributed by atoms with van der Waals surface area (Å²) in [7, 11) is 0. The van der Waals surface area contributed by atoms with Crippen LogP contribution < -0.4 is 10.4 Å². The molecule has 1 amide bonds. The van der Waals surface area contributed by atoms with Crippen molar-refractivity contribution in [2.45, 2.75) is 45.3 Å². The minimum atomic E-state index is -1.25. The topological polar surface area (TPSA) is 78.5 Å². The minimum Gasteiger partial charge on any atom is -0.550 e. The Hall–Kier alpha value is -1.75. The first-order chi connectivity index (χ1) is 9.67. The zero-order valence-electron chi connectivity index (χ0n) is 12.3. The maximum absolute atomic E-state index is 11.7. The van der Waals surface area contributed by atoms with Gasteiger partial charge in [0.15, 0.2) is 0 Å². The molecule has 0 saturated carbocycles. The van der Waals surface area contributed by atoms with Gasteiger partial charge in [0.05, 0.1) is 0 Å². The van der Waals surface area contributed by atoms with Crippen molar-refractivity contribution in [2.75, 3.05) is 0 Å². The van der Waals surface area contributed by atoms with Gasteiger partial charge in [-0.3, -0.25) is 0 Å². The van der Waals surface area contributed by atoms with Gasteiger partial charge in [0.2, 0.25) is 0 Å². The molecule has 0 bridgehead atoms. The lowest BCUT2D eigenvalue weighted by atomic mass is 10.0. The Bertz CT molecular complexity index is 511. The van der Waals surface area contributed by atoms with Gasteiger partial charge in [0.25, 0.3) is 0 Å². The maximum atomic E-state index is 11.7. The zero-order chi connectivity index (χ0) is 16.0. The van der Waals surface area contributed by atoms with E-state index in [2.05, 4.69) is 5.32 Å². The summed E-state index contributed by atoms with van der Waals surface area (Å²) in [5, 5.41) is 13.9.